The van der Waals surface area contributed by atoms with Gasteiger partial charge >= 0.3 is 0 Å². The van der Waals surface area contributed by atoms with E-state index in [1.807, 2.05) is 6.07 Å². The Bertz CT molecular complexity index is 759. The Balaban J connectivity index is 1.86. The average Bonchev–Trinajstić information content (AvgIpc) is 2.83. The van der Waals surface area contributed by atoms with Gasteiger partial charge in [0.05, 0.1) is 4.88 Å². The first-order valence-corrected chi connectivity index (χ1v) is 10.1. The molecule has 2 aromatic rings. The number of benzene rings is 1. The van der Waals surface area contributed by atoms with Crippen LogP contribution in [0, 0.1) is 0 Å². The minimum atomic E-state index is 0.0338. The fraction of sp³-hybridized carbons (Fsp3) is 0.571. The van der Waals surface area contributed by atoms with Crippen LogP contribution in [-0.4, -0.2) is 23.0 Å². The second kappa shape index (κ2) is 6.73. The average molecular weight is 359 g/mol. The third kappa shape index (κ3) is 4.06. The van der Waals surface area contributed by atoms with Crippen molar-refractivity contribution in [3.05, 3.63) is 34.7 Å². The fourth-order valence-corrected chi connectivity index (χ4v) is 5.61. The summed E-state index contributed by atoms with van der Waals surface area (Å²) in [4.78, 5) is 14.0. The minimum Gasteiger partial charge on any atom is -0.348 e. The van der Waals surface area contributed by atoms with Gasteiger partial charge < -0.3 is 10.6 Å². The summed E-state index contributed by atoms with van der Waals surface area (Å²) >= 11 is 1.63. The molecule has 0 bridgehead atoms. The number of amides is 1. The molecule has 4 heteroatoms. The maximum absolute atomic E-state index is 13.1. The van der Waals surface area contributed by atoms with Crippen molar-refractivity contribution in [3.63, 3.8) is 0 Å². The smallest absolute Gasteiger partial charge is 0.261 e. The quantitative estimate of drug-likeness (QED) is 0.817. The largest absolute Gasteiger partial charge is 0.348 e. The number of piperidine rings is 1. The number of fused-ring (bicyclic) bond motifs is 1. The Kier molecular flexibility index (Phi) is 4.95. The van der Waals surface area contributed by atoms with E-state index in [1.165, 1.54) is 15.6 Å². The zero-order chi connectivity index (χ0) is 18.2. The molecule has 1 fully saturated rings. The van der Waals surface area contributed by atoms with Gasteiger partial charge in [-0.1, -0.05) is 31.5 Å². The number of hydrogen-bond acceptors (Lipinski definition) is 3. The van der Waals surface area contributed by atoms with Crippen LogP contribution in [0.5, 0.6) is 0 Å². The molecule has 136 valence electrons. The summed E-state index contributed by atoms with van der Waals surface area (Å²) < 4.78 is 1.21. The molecule has 0 radical (unpaired) electrons. The second-order valence-electron chi connectivity index (χ2n) is 8.63. The van der Waals surface area contributed by atoms with Crippen molar-refractivity contribution >= 4 is 27.3 Å². The van der Waals surface area contributed by atoms with E-state index in [0.717, 1.165) is 30.6 Å². The molecule has 0 aliphatic carbocycles. The van der Waals surface area contributed by atoms with Gasteiger partial charge in [0.1, 0.15) is 0 Å². The van der Waals surface area contributed by atoms with Gasteiger partial charge in [-0.3, -0.25) is 4.79 Å². The van der Waals surface area contributed by atoms with Gasteiger partial charge in [0.2, 0.25) is 0 Å². The van der Waals surface area contributed by atoms with Crippen molar-refractivity contribution in [1.82, 2.24) is 10.6 Å². The van der Waals surface area contributed by atoms with Crippen molar-refractivity contribution in [2.45, 2.75) is 77.4 Å². The SMILES string of the molecule is CCCc1c(C(=O)NC2CC(C)(C)NC(C)(C)C2)sc2ccccc12. The molecular formula is C21H30N2OS. The Labute approximate surface area is 155 Å². The van der Waals surface area contributed by atoms with Crippen molar-refractivity contribution in [2.24, 2.45) is 0 Å². The number of rotatable bonds is 4. The van der Waals surface area contributed by atoms with Crippen molar-refractivity contribution in [2.75, 3.05) is 0 Å². The summed E-state index contributed by atoms with van der Waals surface area (Å²) in [6.07, 6.45) is 3.91. The molecule has 1 aliphatic rings. The molecule has 0 saturated carbocycles. The Morgan fingerprint density at radius 2 is 1.84 bits per heavy atom. The van der Waals surface area contributed by atoms with Crippen LogP contribution < -0.4 is 10.6 Å². The molecule has 3 rings (SSSR count). The molecule has 1 saturated heterocycles. The third-order valence-corrected chi connectivity index (χ3v) is 6.14. The van der Waals surface area contributed by atoms with Crippen LogP contribution in [0.15, 0.2) is 24.3 Å². The molecule has 0 unspecified atom stereocenters. The van der Waals surface area contributed by atoms with E-state index in [2.05, 4.69) is 63.5 Å². The molecule has 1 aromatic heterocycles. The maximum atomic E-state index is 13.1. The van der Waals surface area contributed by atoms with Crippen LogP contribution in [0.1, 0.15) is 69.1 Å². The summed E-state index contributed by atoms with van der Waals surface area (Å²) in [5.74, 6) is 0.100. The molecule has 1 aliphatic heterocycles. The number of nitrogens with one attached hydrogen (secondary N) is 2. The minimum absolute atomic E-state index is 0.0338. The van der Waals surface area contributed by atoms with Gasteiger partial charge in [-0.2, -0.15) is 0 Å². The highest BCUT2D eigenvalue weighted by atomic mass is 32.1. The van der Waals surface area contributed by atoms with Gasteiger partial charge in [-0.25, -0.2) is 0 Å². The van der Waals surface area contributed by atoms with E-state index in [-0.39, 0.29) is 23.0 Å². The summed E-state index contributed by atoms with van der Waals surface area (Å²) in [5.41, 5.74) is 1.28. The van der Waals surface area contributed by atoms with E-state index in [0.29, 0.717) is 0 Å². The van der Waals surface area contributed by atoms with E-state index >= 15 is 0 Å². The molecule has 2 N–H and O–H groups in total. The van der Waals surface area contributed by atoms with Crippen LogP contribution >= 0.6 is 11.3 Å². The normalized spacial score (nSPS) is 19.9. The van der Waals surface area contributed by atoms with Crippen LogP contribution in [-0.2, 0) is 6.42 Å². The van der Waals surface area contributed by atoms with Crippen LogP contribution in [0.3, 0.4) is 0 Å². The molecule has 3 nitrogen and oxygen atoms in total. The Hall–Kier alpha value is -1.39. The first kappa shape index (κ1) is 18.4. The molecule has 2 heterocycles. The fourth-order valence-electron chi connectivity index (χ4n) is 4.46. The van der Waals surface area contributed by atoms with Gasteiger partial charge in [0.15, 0.2) is 0 Å². The number of aryl methyl sites for hydroxylation is 1. The van der Waals surface area contributed by atoms with Crippen molar-refractivity contribution in [3.8, 4) is 0 Å². The Morgan fingerprint density at radius 3 is 2.48 bits per heavy atom. The van der Waals surface area contributed by atoms with Crippen LogP contribution in [0.2, 0.25) is 0 Å². The first-order chi connectivity index (χ1) is 11.7. The standard InChI is InChI=1S/C21H30N2OS/c1-6-9-16-15-10-7-8-11-17(15)25-18(16)19(24)22-14-12-20(2,3)23-21(4,5)13-14/h7-8,10-11,14,23H,6,9,12-13H2,1-5H3,(H,22,24). The highest BCUT2D eigenvalue weighted by Gasteiger charge is 2.38. The summed E-state index contributed by atoms with van der Waals surface area (Å²) in [5, 5.41) is 8.26. The van der Waals surface area contributed by atoms with Crippen LogP contribution in [0.4, 0.5) is 0 Å². The maximum Gasteiger partial charge on any atom is 0.261 e. The lowest BCUT2D eigenvalue weighted by Gasteiger charge is -2.46. The Morgan fingerprint density at radius 1 is 1.20 bits per heavy atom. The summed E-state index contributed by atoms with van der Waals surface area (Å²) in [7, 11) is 0. The van der Waals surface area contributed by atoms with Gasteiger partial charge in [-0.15, -0.1) is 11.3 Å². The number of thiophene rings is 1. The lowest BCUT2D eigenvalue weighted by atomic mass is 9.79. The molecule has 1 aromatic carbocycles. The monoisotopic (exact) mass is 358 g/mol. The molecular weight excluding hydrogens is 328 g/mol. The number of carbonyl (C=O) groups excluding carboxylic acids is 1. The third-order valence-electron chi connectivity index (χ3n) is 4.93. The van der Waals surface area contributed by atoms with Crippen molar-refractivity contribution in [1.29, 1.82) is 0 Å². The predicted octanol–water partition coefficient (Wildman–Crippen LogP) is 4.89. The predicted molar refractivity (Wildman–Crippen MR) is 108 cm³/mol. The van der Waals surface area contributed by atoms with Gasteiger partial charge in [0, 0.05) is 21.8 Å². The molecule has 25 heavy (non-hydrogen) atoms. The molecule has 0 atom stereocenters. The molecule has 0 spiro atoms. The molecule has 1 amide bonds. The topological polar surface area (TPSA) is 41.1 Å². The number of carbonyl (C=O) groups is 1. The summed E-state index contributed by atoms with van der Waals surface area (Å²) in [6, 6.07) is 8.58. The van der Waals surface area contributed by atoms with Crippen LogP contribution in [0.25, 0.3) is 10.1 Å². The summed E-state index contributed by atoms with van der Waals surface area (Å²) in [6.45, 7) is 11.0. The first-order valence-electron chi connectivity index (χ1n) is 9.31. The number of hydrogen-bond donors (Lipinski definition) is 2. The highest BCUT2D eigenvalue weighted by Crippen LogP contribution is 2.33. The van der Waals surface area contributed by atoms with Gasteiger partial charge in [0.25, 0.3) is 5.91 Å². The zero-order valence-electron chi connectivity index (χ0n) is 16.0. The van der Waals surface area contributed by atoms with E-state index < -0.39 is 0 Å². The van der Waals surface area contributed by atoms with Gasteiger partial charge in [-0.05, 0) is 64.0 Å². The van der Waals surface area contributed by atoms with Crippen molar-refractivity contribution < 1.29 is 4.79 Å². The van der Waals surface area contributed by atoms with E-state index in [4.69, 9.17) is 0 Å². The zero-order valence-corrected chi connectivity index (χ0v) is 16.8. The van der Waals surface area contributed by atoms with E-state index in [9.17, 15) is 4.79 Å². The lowest BCUT2D eigenvalue weighted by molar-refractivity contribution is 0.0876. The lowest BCUT2D eigenvalue weighted by Crippen LogP contribution is -2.62. The second-order valence-corrected chi connectivity index (χ2v) is 9.68. The van der Waals surface area contributed by atoms with E-state index in [1.54, 1.807) is 11.3 Å². The highest BCUT2D eigenvalue weighted by molar-refractivity contribution is 7.21.